The van der Waals surface area contributed by atoms with E-state index in [1.165, 1.54) is 23.3 Å². The van der Waals surface area contributed by atoms with Gasteiger partial charge in [-0.25, -0.2) is 0 Å². The first-order chi connectivity index (χ1) is 13.4. The van der Waals surface area contributed by atoms with E-state index in [2.05, 4.69) is 39.8 Å². The Labute approximate surface area is 162 Å². The van der Waals surface area contributed by atoms with Crippen molar-refractivity contribution in [2.24, 2.45) is 0 Å². The lowest BCUT2D eigenvalue weighted by Gasteiger charge is -2.28. The molecule has 150 valence electrons. The monoisotopic (exact) mass is 391 g/mol. The minimum atomic E-state index is -4.39. The van der Waals surface area contributed by atoms with Gasteiger partial charge >= 0.3 is 6.18 Å². The summed E-state index contributed by atoms with van der Waals surface area (Å²) >= 11 is 0. The van der Waals surface area contributed by atoms with Crippen LogP contribution in [0, 0.1) is 0 Å². The number of halogens is 3. The highest BCUT2D eigenvalue weighted by Gasteiger charge is 2.30. The molecular weight excluding hydrogens is 367 g/mol. The van der Waals surface area contributed by atoms with Gasteiger partial charge in [-0.2, -0.15) is 13.2 Å². The number of alkyl halides is 3. The minimum absolute atomic E-state index is 0.0571. The van der Waals surface area contributed by atoms with E-state index in [1.807, 2.05) is 0 Å². The summed E-state index contributed by atoms with van der Waals surface area (Å²) in [6, 6.07) is 13.3. The van der Waals surface area contributed by atoms with Crippen molar-refractivity contribution >= 4 is 11.6 Å². The van der Waals surface area contributed by atoms with Crippen LogP contribution in [0.1, 0.15) is 23.1 Å². The van der Waals surface area contributed by atoms with Crippen molar-refractivity contribution in [3.63, 3.8) is 0 Å². The normalized spacial score (nSPS) is 14.4. The molecule has 0 bridgehead atoms. The van der Waals surface area contributed by atoms with Gasteiger partial charge < -0.3 is 10.6 Å². The van der Waals surface area contributed by atoms with Gasteiger partial charge in [0.25, 0.3) is 0 Å². The molecular formula is C21H24F3N3O. The third kappa shape index (κ3) is 5.73. The number of nitrogens with one attached hydrogen (secondary N) is 2. The van der Waals surface area contributed by atoms with E-state index in [0.717, 1.165) is 44.6 Å². The molecule has 0 aromatic heterocycles. The first-order valence-corrected chi connectivity index (χ1v) is 9.39. The largest absolute Gasteiger partial charge is 0.416 e. The van der Waals surface area contributed by atoms with Crippen LogP contribution < -0.4 is 10.6 Å². The van der Waals surface area contributed by atoms with Gasteiger partial charge in [-0.15, -0.1) is 0 Å². The zero-order valence-corrected chi connectivity index (χ0v) is 15.6. The summed E-state index contributed by atoms with van der Waals surface area (Å²) in [5.41, 5.74) is 2.31. The van der Waals surface area contributed by atoms with Crippen LogP contribution in [-0.2, 0) is 23.9 Å². The van der Waals surface area contributed by atoms with Crippen molar-refractivity contribution < 1.29 is 18.0 Å². The fourth-order valence-electron chi connectivity index (χ4n) is 3.33. The number of carbonyl (C=O) groups is 1. The average molecular weight is 391 g/mol. The standard InChI is InChI=1S/C21H24F3N3O/c22-21(23,24)18-7-3-8-19(13-18)26-14-20(28)25-10-4-11-27-12-9-16-5-1-2-6-17(16)15-27/h1-3,5-8,13,26H,4,9-12,14-15H2,(H,25,28). The smallest absolute Gasteiger partial charge is 0.376 e. The molecule has 2 aromatic carbocycles. The Hall–Kier alpha value is -2.54. The van der Waals surface area contributed by atoms with Gasteiger partial charge in [-0.1, -0.05) is 30.3 Å². The summed E-state index contributed by atoms with van der Waals surface area (Å²) in [4.78, 5) is 14.3. The van der Waals surface area contributed by atoms with Gasteiger partial charge in [0.1, 0.15) is 0 Å². The molecule has 0 unspecified atom stereocenters. The summed E-state index contributed by atoms with van der Waals surface area (Å²) in [5.74, 6) is -0.235. The molecule has 0 fully saturated rings. The van der Waals surface area contributed by atoms with Gasteiger partial charge in [0.05, 0.1) is 12.1 Å². The maximum atomic E-state index is 12.7. The quantitative estimate of drug-likeness (QED) is 0.708. The van der Waals surface area contributed by atoms with E-state index in [0.29, 0.717) is 6.54 Å². The van der Waals surface area contributed by atoms with Crippen LogP contribution in [0.25, 0.3) is 0 Å². The molecule has 1 heterocycles. The first-order valence-electron chi connectivity index (χ1n) is 9.39. The summed E-state index contributed by atoms with van der Waals surface area (Å²) < 4.78 is 38.1. The van der Waals surface area contributed by atoms with Crippen LogP contribution in [-0.4, -0.2) is 37.0 Å². The molecule has 28 heavy (non-hydrogen) atoms. The van der Waals surface area contributed by atoms with Crippen LogP contribution in [0.5, 0.6) is 0 Å². The Balaban J connectivity index is 1.34. The highest BCUT2D eigenvalue weighted by Crippen LogP contribution is 2.30. The maximum Gasteiger partial charge on any atom is 0.416 e. The molecule has 1 aliphatic heterocycles. The van der Waals surface area contributed by atoms with Crippen LogP contribution >= 0.6 is 0 Å². The molecule has 0 saturated heterocycles. The number of fused-ring (bicyclic) bond motifs is 1. The molecule has 2 N–H and O–H groups in total. The second-order valence-electron chi connectivity index (χ2n) is 6.93. The molecule has 0 aliphatic carbocycles. The van der Waals surface area contributed by atoms with E-state index in [-0.39, 0.29) is 18.1 Å². The number of nitrogens with zero attached hydrogens (tertiary/aromatic N) is 1. The highest BCUT2D eigenvalue weighted by molar-refractivity contribution is 5.80. The molecule has 2 aromatic rings. The molecule has 0 atom stereocenters. The SMILES string of the molecule is O=C(CNc1cccc(C(F)(F)F)c1)NCCCN1CCc2ccccc2C1. The Kier molecular flexibility index (Phi) is 6.57. The lowest BCUT2D eigenvalue weighted by atomic mass is 10.00. The van der Waals surface area contributed by atoms with Crippen molar-refractivity contribution in [3.8, 4) is 0 Å². The molecule has 3 rings (SSSR count). The lowest BCUT2D eigenvalue weighted by Crippen LogP contribution is -2.35. The van der Waals surface area contributed by atoms with Crippen LogP contribution in [0.4, 0.5) is 18.9 Å². The predicted octanol–water partition coefficient (Wildman–Crippen LogP) is 3.68. The van der Waals surface area contributed by atoms with E-state index in [1.54, 1.807) is 0 Å². The third-order valence-electron chi connectivity index (χ3n) is 4.83. The maximum absolute atomic E-state index is 12.7. The Morgan fingerprint density at radius 3 is 2.64 bits per heavy atom. The fraction of sp³-hybridized carbons (Fsp3) is 0.381. The topological polar surface area (TPSA) is 44.4 Å². The molecule has 4 nitrogen and oxygen atoms in total. The summed E-state index contributed by atoms with van der Waals surface area (Å²) in [6.45, 7) is 3.33. The molecule has 1 amide bonds. The molecule has 1 aliphatic rings. The van der Waals surface area contributed by atoms with Crippen molar-refractivity contribution in [2.45, 2.75) is 25.6 Å². The summed E-state index contributed by atoms with van der Waals surface area (Å²) in [6.07, 6.45) is -2.52. The van der Waals surface area contributed by atoms with Crippen LogP contribution in [0.15, 0.2) is 48.5 Å². The van der Waals surface area contributed by atoms with Crippen LogP contribution in [0.2, 0.25) is 0 Å². The van der Waals surface area contributed by atoms with Crippen molar-refractivity contribution in [3.05, 3.63) is 65.2 Å². The number of hydrogen-bond donors (Lipinski definition) is 2. The first kappa shape index (κ1) is 20.2. The average Bonchev–Trinajstić information content (AvgIpc) is 2.69. The van der Waals surface area contributed by atoms with Crippen molar-refractivity contribution in [1.29, 1.82) is 0 Å². The van der Waals surface area contributed by atoms with Gasteiger partial charge in [0.2, 0.25) is 5.91 Å². The number of hydrogen-bond acceptors (Lipinski definition) is 3. The number of anilines is 1. The molecule has 7 heteroatoms. The highest BCUT2D eigenvalue weighted by atomic mass is 19.4. The second kappa shape index (κ2) is 9.10. The Bertz CT molecular complexity index is 807. The third-order valence-corrected chi connectivity index (χ3v) is 4.83. The number of amides is 1. The Morgan fingerprint density at radius 2 is 1.86 bits per heavy atom. The summed E-state index contributed by atoms with van der Waals surface area (Å²) in [7, 11) is 0. The van der Waals surface area contributed by atoms with Gasteiger partial charge in [0.15, 0.2) is 0 Å². The number of rotatable bonds is 7. The number of carbonyl (C=O) groups excluding carboxylic acids is 1. The van der Waals surface area contributed by atoms with Gasteiger partial charge in [0, 0.05) is 31.9 Å². The van der Waals surface area contributed by atoms with E-state index >= 15 is 0 Å². The Morgan fingerprint density at radius 1 is 1.07 bits per heavy atom. The van der Waals surface area contributed by atoms with E-state index in [4.69, 9.17) is 0 Å². The van der Waals surface area contributed by atoms with Gasteiger partial charge in [-0.3, -0.25) is 9.69 Å². The van der Waals surface area contributed by atoms with Crippen LogP contribution in [0.3, 0.4) is 0 Å². The molecule has 0 saturated carbocycles. The lowest BCUT2D eigenvalue weighted by molar-refractivity contribution is -0.137. The van der Waals surface area contributed by atoms with Crippen molar-refractivity contribution in [1.82, 2.24) is 10.2 Å². The molecule has 0 spiro atoms. The zero-order valence-electron chi connectivity index (χ0n) is 15.6. The predicted molar refractivity (Wildman–Crippen MR) is 103 cm³/mol. The van der Waals surface area contributed by atoms with Gasteiger partial charge in [-0.05, 0) is 42.2 Å². The zero-order chi connectivity index (χ0) is 20.0. The number of benzene rings is 2. The van der Waals surface area contributed by atoms with E-state index in [9.17, 15) is 18.0 Å². The molecule has 0 radical (unpaired) electrons. The fourth-order valence-corrected chi connectivity index (χ4v) is 3.33. The second-order valence-corrected chi connectivity index (χ2v) is 6.93. The van der Waals surface area contributed by atoms with Crippen molar-refractivity contribution in [2.75, 3.05) is 31.5 Å². The summed E-state index contributed by atoms with van der Waals surface area (Å²) in [5, 5.41) is 5.54. The minimum Gasteiger partial charge on any atom is -0.376 e. The van der Waals surface area contributed by atoms with E-state index < -0.39 is 11.7 Å².